The van der Waals surface area contributed by atoms with Gasteiger partial charge in [-0.15, -0.1) is 0 Å². The maximum atomic E-state index is 14.4. The minimum atomic E-state index is -0.904. The Hall–Kier alpha value is -3.54. The predicted octanol–water partition coefficient (Wildman–Crippen LogP) is 6.69. The highest BCUT2D eigenvalue weighted by molar-refractivity contribution is 6.20. The van der Waals surface area contributed by atoms with Gasteiger partial charge in [0.1, 0.15) is 0 Å². The average Bonchev–Trinajstić information content (AvgIpc) is 3.10. The molecule has 2 nitrogen and oxygen atoms in total. The van der Waals surface area contributed by atoms with E-state index >= 15 is 0 Å². The molecule has 2 heterocycles. The van der Waals surface area contributed by atoms with Gasteiger partial charge in [-0.2, -0.15) is 8.78 Å². The summed E-state index contributed by atoms with van der Waals surface area (Å²) < 4.78 is 59.3. The molecule has 30 heavy (non-hydrogen) atoms. The maximum absolute atomic E-state index is 14.4. The van der Waals surface area contributed by atoms with Gasteiger partial charge in [0.15, 0.2) is 11.6 Å². The average molecular weight is 406 g/mol. The third-order valence-electron chi connectivity index (χ3n) is 6.21. The number of aryl methyl sites for hydroxylation is 2. The summed E-state index contributed by atoms with van der Waals surface area (Å²) in [7, 11) is 2.97. The third kappa shape index (κ3) is 1.98. The monoisotopic (exact) mass is 406 g/mol. The normalized spacial score (nSPS) is 12.3. The van der Waals surface area contributed by atoms with Crippen molar-refractivity contribution in [3.8, 4) is 0 Å². The first kappa shape index (κ1) is 17.3. The van der Waals surface area contributed by atoms with E-state index in [1.807, 2.05) is 24.3 Å². The van der Waals surface area contributed by atoms with Crippen LogP contribution in [0.4, 0.5) is 17.6 Å². The second-order valence-corrected chi connectivity index (χ2v) is 7.73. The van der Waals surface area contributed by atoms with E-state index in [2.05, 4.69) is 0 Å². The van der Waals surface area contributed by atoms with Crippen molar-refractivity contribution in [1.29, 1.82) is 0 Å². The van der Waals surface area contributed by atoms with Crippen molar-refractivity contribution in [2.75, 3.05) is 0 Å². The molecule has 6 heteroatoms. The second kappa shape index (κ2) is 5.53. The SMILES string of the molecule is Cn1c(F)c(F)c2cc3c(ccc4c5cc6c(F)c(F)n(C)c6cc5ccc34)cc21. The highest BCUT2D eigenvalue weighted by Crippen LogP contribution is 2.37. The molecule has 0 unspecified atom stereocenters. The Morgan fingerprint density at radius 2 is 0.900 bits per heavy atom. The fourth-order valence-electron chi connectivity index (χ4n) is 4.58. The highest BCUT2D eigenvalue weighted by atomic mass is 19.2. The van der Waals surface area contributed by atoms with Crippen LogP contribution in [0, 0.1) is 23.5 Å². The molecule has 0 amide bonds. The zero-order chi connectivity index (χ0) is 20.9. The number of aromatic nitrogens is 2. The molecule has 0 N–H and O–H groups in total. The molecule has 0 bridgehead atoms. The van der Waals surface area contributed by atoms with E-state index in [1.165, 1.54) is 23.2 Å². The summed E-state index contributed by atoms with van der Waals surface area (Å²) in [6.45, 7) is 0. The molecule has 0 saturated heterocycles. The second-order valence-electron chi connectivity index (χ2n) is 7.73. The van der Waals surface area contributed by atoms with Crippen molar-refractivity contribution in [3.05, 3.63) is 72.1 Å². The van der Waals surface area contributed by atoms with Gasteiger partial charge < -0.3 is 9.13 Å². The molecule has 4 aromatic carbocycles. The van der Waals surface area contributed by atoms with Crippen LogP contribution in [0.5, 0.6) is 0 Å². The van der Waals surface area contributed by atoms with Gasteiger partial charge in [-0.05, 0) is 56.6 Å². The van der Waals surface area contributed by atoms with Gasteiger partial charge in [-0.1, -0.05) is 24.3 Å². The number of hydrogen-bond acceptors (Lipinski definition) is 0. The first-order chi connectivity index (χ1) is 14.4. The lowest BCUT2D eigenvalue weighted by atomic mass is 9.95. The van der Waals surface area contributed by atoms with Crippen molar-refractivity contribution in [1.82, 2.24) is 9.13 Å². The molecule has 0 spiro atoms. The van der Waals surface area contributed by atoms with Crippen LogP contribution in [0.15, 0.2) is 48.5 Å². The van der Waals surface area contributed by atoms with Gasteiger partial charge in [0, 0.05) is 24.9 Å². The lowest BCUT2D eigenvalue weighted by Crippen LogP contribution is -1.92. The van der Waals surface area contributed by atoms with E-state index in [9.17, 15) is 17.6 Å². The summed E-state index contributed by atoms with van der Waals surface area (Å²) in [6, 6.07) is 14.4. The van der Waals surface area contributed by atoms with Crippen LogP contribution < -0.4 is 0 Å². The number of rotatable bonds is 0. The Morgan fingerprint density at radius 1 is 0.500 bits per heavy atom. The smallest absolute Gasteiger partial charge is 0.230 e. The van der Waals surface area contributed by atoms with Gasteiger partial charge >= 0.3 is 0 Å². The van der Waals surface area contributed by atoms with Crippen molar-refractivity contribution < 1.29 is 17.6 Å². The van der Waals surface area contributed by atoms with Gasteiger partial charge in [0.2, 0.25) is 11.9 Å². The highest BCUT2D eigenvalue weighted by Gasteiger charge is 2.18. The standard InChI is InChI=1S/C24H14F4N2/c1-29-19-7-11-3-5-14-13(15(11)9-17(19)21(25)23(29)27)6-4-12-8-20-18(10-16(12)14)22(26)24(28)30(20)2/h3-10H,1-2H3. The number of nitrogens with zero attached hydrogens (tertiary/aromatic N) is 2. The van der Waals surface area contributed by atoms with Crippen LogP contribution >= 0.6 is 0 Å². The largest absolute Gasteiger partial charge is 0.318 e. The molecule has 0 saturated carbocycles. The predicted molar refractivity (Wildman–Crippen MR) is 112 cm³/mol. The molecule has 0 fully saturated rings. The fourth-order valence-corrected chi connectivity index (χ4v) is 4.58. The minimum absolute atomic E-state index is 0.210. The quantitative estimate of drug-likeness (QED) is 0.197. The first-order valence-electron chi connectivity index (χ1n) is 9.43. The first-order valence-corrected chi connectivity index (χ1v) is 9.43. The van der Waals surface area contributed by atoms with Gasteiger partial charge in [-0.3, -0.25) is 0 Å². The zero-order valence-corrected chi connectivity index (χ0v) is 16.0. The van der Waals surface area contributed by atoms with Crippen molar-refractivity contribution in [2.45, 2.75) is 0 Å². The summed E-state index contributed by atoms with van der Waals surface area (Å²) in [5.74, 6) is -3.57. The Morgan fingerprint density at radius 3 is 1.30 bits per heavy atom. The molecule has 0 radical (unpaired) electrons. The van der Waals surface area contributed by atoms with Crippen LogP contribution in [0.3, 0.4) is 0 Å². The van der Waals surface area contributed by atoms with Gasteiger partial charge in [0.05, 0.1) is 11.0 Å². The van der Waals surface area contributed by atoms with E-state index in [0.717, 1.165) is 32.3 Å². The van der Waals surface area contributed by atoms with E-state index in [0.29, 0.717) is 11.0 Å². The van der Waals surface area contributed by atoms with E-state index < -0.39 is 23.5 Å². The summed E-state index contributed by atoms with van der Waals surface area (Å²) in [5, 5.41) is 5.31. The molecule has 0 aliphatic carbocycles. The van der Waals surface area contributed by atoms with E-state index in [-0.39, 0.29) is 10.8 Å². The molecule has 6 aromatic rings. The lowest BCUT2D eigenvalue weighted by molar-refractivity contribution is 0.466. The molecule has 0 atom stereocenters. The Balaban J connectivity index is 1.78. The van der Waals surface area contributed by atoms with Gasteiger partial charge in [0.25, 0.3) is 0 Å². The molecule has 0 aliphatic heterocycles. The maximum Gasteiger partial charge on any atom is 0.230 e. The number of hydrogen-bond donors (Lipinski definition) is 0. The summed E-state index contributed by atoms with van der Waals surface area (Å²) >= 11 is 0. The Labute approximate surface area is 167 Å². The van der Waals surface area contributed by atoms with Crippen LogP contribution in [0.2, 0.25) is 0 Å². The molecule has 6 rings (SSSR count). The van der Waals surface area contributed by atoms with Crippen LogP contribution in [0.1, 0.15) is 0 Å². The van der Waals surface area contributed by atoms with E-state index in [4.69, 9.17) is 0 Å². The molecular weight excluding hydrogens is 392 g/mol. The number of halogens is 4. The summed E-state index contributed by atoms with van der Waals surface area (Å²) in [4.78, 5) is 0. The molecular formula is C24H14F4N2. The van der Waals surface area contributed by atoms with Crippen molar-refractivity contribution in [3.63, 3.8) is 0 Å². The van der Waals surface area contributed by atoms with Crippen LogP contribution in [0.25, 0.3) is 54.1 Å². The molecule has 148 valence electrons. The van der Waals surface area contributed by atoms with E-state index in [1.54, 1.807) is 24.3 Å². The Bertz CT molecular complexity index is 1580. The van der Waals surface area contributed by atoms with Crippen LogP contribution in [-0.4, -0.2) is 9.13 Å². The summed E-state index contributed by atoms with van der Waals surface area (Å²) in [6.07, 6.45) is 0. The number of fused-ring (bicyclic) bond motifs is 7. The third-order valence-corrected chi connectivity index (χ3v) is 6.21. The van der Waals surface area contributed by atoms with Crippen molar-refractivity contribution >= 4 is 54.1 Å². The lowest BCUT2D eigenvalue weighted by Gasteiger charge is -2.09. The topological polar surface area (TPSA) is 9.86 Å². The minimum Gasteiger partial charge on any atom is -0.318 e. The zero-order valence-electron chi connectivity index (χ0n) is 16.0. The molecule has 0 aliphatic rings. The van der Waals surface area contributed by atoms with Gasteiger partial charge in [-0.25, -0.2) is 8.78 Å². The molecule has 2 aromatic heterocycles. The Kier molecular flexibility index (Phi) is 3.20. The van der Waals surface area contributed by atoms with Crippen LogP contribution in [-0.2, 0) is 14.1 Å². The number of benzene rings is 4. The fraction of sp³-hybridized carbons (Fsp3) is 0.0833. The van der Waals surface area contributed by atoms with Crippen molar-refractivity contribution in [2.24, 2.45) is 14.1 Å². The summed E-state index contributed by atoms with van der Waals surface area (Å²) in [5.41, 5.74) is 0.947.